The van der Waals surface area contributed by atoms with E-state index in [9.17, 15) is 9.90 Å². The molecule has 3 rings (SSSR count). The van der Waals surface area contributed by atoms with Crippen molar-refractivity contribution in [3.05, 3.63) is 53.2 Å². The number of aromatic nitrogens is 1. The number of hydrogen-bond acceptors (Lipinski definition) is 2. The number of aryl methyl sites for hydroxylation is 1. The van der Waals surface area contributed by atoms with E-state index in [0.29, 0.717) is 0 Å². The molecule has 2 aromatic carbocycles. The van der Waals surface area contributed by atoms with Crippen LogP contribution in [0.2, 0.25) is 0 Å². The number of hydrogen-bond donors (Lipinski definition) is 1. The maximum Gasteiger partial charge on any atom is 0.354 e. The highest BCUT2D eigenvalue weighted by Crippen LogP contribution is 2.28. The van der Waals surface area contributed by atoms with Crippen LogP contribution in [-0.4, -0.2) is 16.1 Å². The molecule has 0 radical (unpaired) electrons. The Bertz CT molecular complexity index is 822. The van der Waals surface area contributed by atoms with E-state index < -0.39 is 5.97 Å². The van der Waals surface area contributed by atoms with Crippen LogP contribution in [0.15, 0.2) is 36.4 Å². The number of rotatable bonds is 1. The molecule has 0 aliphatic heterocycles. The first-order chi connectivity index (χ1) is 9.09. The lowest BCUT2D eigenvalue weighted by Crippen LogP contribution is -2.06. The van der Waals surface area contributed by atoms with Crippen LogP contribution >= 0.6 is 0 Å². The zero-order valence-electron chi connectivity index (χ0n) is 10.8. The number of carbonyl (C=O) groups is 1. The summed E-state index contributed by atoms with van der Waals surface area (Å²) >= 11 is 0. The Morgan fingerprint density at radius 2 is 1.74 bits per heavy atom. The van der Waals surface area contributed by atoms with E-state index in [1.54, 1.807) is 6.92 Å². The summed E-state index contributed by atoms with van der Waals surface area (Å²) in [4.78, 5) is 15.7. The van der Waals surface area contributed by atoms with Crippen molar-refractivity contribution in [1.29, 1.82) is 0 Å². The third-order valence-electron chi connectivity index (χ3n) is 3.65. The van der Waals surface area contributed by atoms with E-state index in [4.69, 9.17) is 0 Å². The molecule has 0 spiro atoms. The van der Waals surface area contributed by atoms with Gasteiger partial charge in [0.15, 0.2) is 5.69 Å². The highest BCUT2D eigenvalue weighted by molar-refractivity contribution is 6.07. The lowest BCUT2D eigenvalue weighted by molar-refractivity contribution is 0.0690. The average Bonchev–Trinajstić information content (AvgIpc) is 2.42. The third kappa shape index (κ3) is 1.66. The molecule has 1 aromatic heterocycles. The molecule has 0 aliphatic carbocycles. The predicted molar refractivity (Wildman–Crippen MR) is 75.7 cm³/mol. The van der Waals surface area contributed by atoms with Crippen LogP contribution < -0.4 is 0 Å². The smallest absolute Gasteiger partial charge is 0.354 e. The van der Waals surface area contributed by atoms with Gasteiger partial charge in [-0.05, 0) is 30.4 Å². The molecule has 0 unspecified atom stereocenters. The second-order valence-corrected chi connectivity index (χ2v) is 4.70. The van der Waals surface area contributed by atoms with Crippen LogP contribution in [0.1, 0.15) is 21.6 Å². The van der Waals surface area contributed by atoms with E-state index in [-0.39, 0.29) is 5.69 Å². The molecular weight excluding hydrogens is 238 g/mol. The Hall–Kier alpha value is -2.42. The highest BCUT2D eigenvalue weighted by Gasteiger charge is 2.15. The Balaban J connectivity index is 2.55. The van der Waals surface area contributed by atoms with Gasteiger partial charge in [0.1, 0.15) is 0 Å². The SMILES string of the molecule is Cc1c(C(=O)O)nc2c(ccc3ccccc32)c1C. The van der Waals surface area contributed by atoms with Gasteiger partial charge < -0.3 is 5.11 Å². The van der Waals surface area contributed by atoms with Gasteiger partial charge in [0, 0.05) is 10.8 Å². The zero-order valence-corrected chi connectivity index (χ0v) is 10.8. The molecule has 3 aromatic rings. The number of pyridine rings is 1. The average molecular weight is 251 g/mol. The number of carboxylic acids is 1. The molecule has 3 heteroatoms. The second kappa shape index (κ2) is 4.05. The molecule has 0 saturated carbocycles. The summed E-state index contributed by atoms with van der Waals surface area (Å²) in [6.45, 7) is 3.75. The Kier molecular flexibility index (Phi) is 2.49. The van der Waals surface area contributed by atoms with Crippen molar-refractivity contribution in [2.24, 2.45) is 0 Å². The molecule has 0 bridgehead atoms. The largest absolute Gasteiger partial charge is 0.477 e. The van der Waals surface area contributed by atoms with Crippen LogP contribution in [0.4, 0.5) is 0 Å². The van der Waals surface area contributed by atoms with Gasteiger partial charge in [-0.3, -0.25) is 0 Å². The van der Waals surface area contributed by atoms with Gasteiger partial charge in [-0.15, -0.1) is 0 Å². The molecule has 0 fully saturated rings. The quantitative estimate of drug-likeness (QED) is 0.671. The number of benzene rings is 2. The van der Waals surface area contributed by atoms with Crippen molar-refractivity contribution >= 4 is 27.6 Å². The Morgan fingerprint density at radius 1 is 1.00 bits per heavy atom. The van der Waals surface area contributed by atoms with Crippen molar-refractivity contribution in [1.82, 2.24) is 4.98 Å². The molecule has 1 N–H and O–H groups in total. The van der Waals surface area contributed by atoms with Crippen molar-refractivity contribution in [3.8, 4) is 0 Å². The minimum atomic E-state index is -0.976. The molecule has 94 valence electrons. The molecular formula is C16H13NO2. The van der Waals surface area contributed by atoms with Gasteiger partial charge in [-0.2, -0.15) is 0 Å². The molecule has 1 heterocycles. The van der Waals surface area contributed by atoms with Crippen LogP contribution in [0.25, 0.3) is 21.7 Å². The van der Waals surface area contributed by atoms with E-state index >= 15 is 0 Å². The minimum absolute atomic E-state index is 0.140. The van der Waals surface area contributed by atoms with Gasteiger partial charge in [0.05, 0.1) is 5.52 Å². The zero-order chi connectivity index (χ0) is 13.6. The van der Waals surface area contributed by atoms with Crippen molar-refractivity contribution in [2.75, 3.05) is 0 Å². The molecule has 3 nitrogen and oxygen atoms in total. The van der Waals surface area contributed by atoms with Crippen LogP contribution in [-0.2, 0) is 0 Å². The fraction of sp³-hybridized carbons (Fsp3) is 0.125. The lowest BCUT2D eigenvalue weighted by Gasteiger charge is -2.10. The van der Waals surface area contributed by atoms with Crippen molar-refractivity contribution < 1.29 is 9.90 Å². The summed E-state index contributed by atoms with van der Waals surface area (Å²) in [7, 11) is 0. The number of carboxylic acid groups (broad SMARTS) is 1. The van der Waals surface area contributed by atoms with Crippen LogP contribution in [0.3, 0.4) is 0 Å². The number of nitrogens with zero attached hydrogens (tertiary/aromatic N) is 1. The molecule has 19 heavy (non-hydrogen) atoms. The van der Waals surface area contributed by atoms with E-state index in [0.717, 1.165) is 32.8 Å². The van der Waals surface area contributed by atoms with Crippen LogP contribution in [0, 0.1) is 13.8 Å². The number of aromatic carboxylic acids is 1. The van der Waals surface area contributed by atoms with Gasteiger partial charge in [0.2, 0.25) is 0 Å². The van der Waals surface area contributed by atoms with Gasteiger partial charge in [-0.1, -0.05) is 36.4 Å². The standard InChI is InChI=1S/C16H13NO2/c1-9-10(2)14(16(18)19)17-15-12(9)8-7-11-5-3-4-6-13(11)15/h3-8H,1-2H3,(H,18,19). The van der Waals surface area contributed by atoms with E-state index in [1.165, 1.54) is 0 Å². The third-order valence-corrected chi connectivity index (χ3v) is 3.65. The molecule has 0 aliphatic rings. The van der Waals surface area contributed by atoms with Gasteiger partial charge in [-0.25, -0.2) is 9.78 Å². The topological polar surface area (TPSA) is 50.2 Å². The molecule has 0 atom stereocenters. The van der Waals surface area contributed by atoms with Gasteiger partial charge >= 0.3 is 5.97 Å². The summed E-state index contributed by atoms with van der Waals surface area (Å²) in [5.74, 6) is -0.976. The number of fused-ring (bicyclic) bond motifs is 3. The summed E-state index contributed by atoms with van der Waals surface area (Å²) < 4.78 is 0. The first-order valence-corrected chi connectivity index (χ1v) is 6.11. The summed E-state index contributed by atoms with van der Waals surface area (Å²) in [5.41, 5.74) is 2.61. The first-order valence-electron chi connectivity index (χ1n) is 6.11. The second-order valence-electron chi connectivity index (χ2n) is 4.70. The minimum Gasteiger partial charge on any atom is -0.477 e. The summed E-state index contributed by atoms with van der Waals surface area (Å²) in [5, 5.41) is 12.3. The van der Waals surface area contributed by atoms with Gasteiger partial charge in [0.25, 0.3) is 0 Å². The summed E-state index contributed by atoms with van der Waals surface area (Å²) in [6, 6.07) is 12.0. The monoisotopic (exact) mass is 251 g/mol. The van der Waals surface area contributed by atoms with E-state index in [2.05, 4.69) is 4.98 Å². The first kappa shape index (κ1) is 11.7. The highest BCUT2D eigenvalue weighted by atomic mass is 16.4. The molecule has 0 saturated heterocycles. The van der Waals surface area contributed by atoms with Crippen molar-refractivity contribution in [2.45, 2.75) is 13.8 Å². The Morgan fingerprint density at radius 3 is 2.47 bits per heavy atom. The lowest BCUT2D eigenvalue weighted by atomic mass is 9.99. The fourth-order valence-corrected chi connectivity index (χ4v) is 2.46. The predicted octanol–water partition coefficient (Wildman–Crippen LogP) is 3.70. The van der Waals surface area contributed by atoms with Crippen molar-refractivity contribution in [3.63, 3.8) is 0 Å². The molecule has 0 amide bonds. The summed E-state index contributed by atoms with van der Waals surface area (Å²) in [6.07, 6.45) is 0. The van der Waals surface area contributed by atoms with Crippen LogP contribution in [0.5, 0.6) is 0 Å². The maximum absolute atomic E-state index is 11.3. The Labute approximate surface area is 110 Å². The maximum atomic E-state index is 11.3. The fourth-order valence-electron chi connectivity index (χ4n) is 2.46. The normalized spacial score (nSPS) is 11.1. The van der Waals surface area contributed by atoms with E-state index in [1.807, 2.05) is 43.3 Å².